The fourth-order valence-electron chi connectivity index (χ4n) is 2.70. The molecule has 1 aromatic heterocycles. The normalized spacial score (nSPS) is 11.0. The number of benzene rings is 2. The molecule has 0 aliphatic rings. The predicted octanol–water partition coefficient (Wildman–Crippen LogP) is 3.67. The van der Waals surface area contributed by atoms with Crippen LogP contribution >= 0.6 is 0 Å². The molecule has 0 aliphatic carbocycles. The molecular weight excluding hydrogens is 326 g/mol. The van der Waals surface area contributed by atoms with E-state index in [0.29, 0.717) is 19.4 Å². The summed E-state index contributed by atoms with van der Waals surface area (Å²) in [5.41, 5.74) is 2.91. The lowest BCUT2D eigenvalue weighted by Gasteiger charge is -2.07. The second-order valence-corrected chi connectivity index (χ2v) is 5.66. The van der Waals surface area contributed by atoms with Gasteiger partial charge in [0.2, 0.25) is 5.91 Å². The summed E-state index contributed by atoms with van der Waals surface area (Å²) >= 11 is 0. The molecule has 1 amide bonds. The molecule has 1 heterocycles. The summed E-state index contributed by atoms with van der Waals surface area (Å²) < 4.78 is 28.5. The Balaban J connectivity index is 1.48. The molecule has 0 aliphatic heterocycles. The van der Waals surface area contributed by atoms with Crippen LogP contribution in [-0.2, 0) is 17.6 Å². The minimum absolute atomic E-state index is 0.0533. The first-order valence-corrected chi connectivity index (χ1v) is 7.97. The summed E-state index contributed by atoms with van der Waals surface area (Å²) in [6.07, 6.45) is 2.78. The lowest BCUT2D eigenvalue weighted by molar-refractivity contribution is -0.120. The molecule has 3 rings (SSSR count). The lowest BCUT2D eigenvalue weighted by atomic mass is 10.1. The van der Waals surface area contributed by atoms with Crippen molar-refractivity contribution in [2.24, 2.45) is 0 Å². The first-order chi connectivity index (χ1) is 12.1. The van der Waals surface area contributed by atoms with Crippen LogP contribution in [0.25, 0.3) is 10.9 Å². The Labute approximate surface area is 143 Å². The van der Waals surface area contributed by atoms with Crippen molar-refractivity contribution in [1.29, 1.82) is 0 Å². The highest BCUT2D eigenvalue weighted by atomic mass is 19.3. The molecule has 0 unspecified atom stereocenters. The molecule has 130 valence electrons. The van der Waals surface area contributed by atoms with Crippen LogP contribution in [0.4, 0.5) is 8.78 Å². The molecule has 0 fully saturated rings. The molecule has 0 bridgehead atoms. The number of carbonyl (C=O) groups is 1. The number of carbonyl (C=O) groups excluding carboxylic acids is 1. The number of fused-ring (bicyclic) bond motifs is 1. The second-order valence-electron chi connectivity index (χ2n) is 5.66. The number of nitrogens with one attached hydrogen (secondary N) is 2. The van der Waals surface area contributed by atoms with Gasteiger partial charge in [0.05, 0.1) is 6.42 Å². The fraction of sp³-hybridized carbons (Fsp3) is 0.211. The smallest absolute Gasteiger partial charge is 0.387 e. The Morgan fingerprint density at radius 3 is 2.64 bits per heavy atom. The van der Waals surface area contributed by atoms with E-state index in [9.17, 15) is 13.6 Å². The van der Waals surface area contributed by atoms with E-state index in [0.717, 1.165) is 22.0 Å². The number of halogens is 2. The Bertz CT molecular complexity index is 844. The van der Waals surface area contributed by atoms with Crippen molar-refractivity contribution in [3.63, 3.8) is 0 Å². The topological polar surface area (TPSA) is 54.1 Å². The van der Waals surface area contributed by atoms with Gasteiger partial charge >= 0.3 is 6.61 Å². The molecule has 0 spiro atoms. The quantitative estimate of drug-likeness (QED) is 0.687. The summed E-state index contributed by atoms with van der Waals surface area (Å²) in [6, 6.07) is 14.3. The molecule has 2 aromatic carbocycles. The van der Waals surface area contributed by atoms with Gasteiger partial charge in [-0.25, -0.2) is 0 Å². The van der Waals surface area contributed by atoms with Crippen molar-refractivity contribution in [1.82, 2.24) is 10.3 Å². The van der Waals surface area contributed by atoms with Crippen molar-refractivity contribution in [3.05, 3.63) is 65.9 Å². The summed E-state index contributed by atoms with van der Waals surface area (Å²) in [5, 5.41) is 3.93. The van der Waals surface area contributed by atoms with E-state index in [4.69, 9.17) is 0 Å². The van der Waals surface area contributed by atoms with Gasteiger partial charge in [0, 0.05) is 23.6 Å². The number of hydrogen-bond donors (Lipinski definition) is 2. The van der Waals surface area contributed by atoms with Crippen molar-refractivity contribution >= 4 is 16.8 Å². The van der Waals surface area contributed by atoms with Crippen LogP contribution in [0.3, 0.4) is 0 Å². The van der Waals surface area contributed by atoms with E-state index >= 15 is 0 Å². The number of ether oxygens (including phenoxy) is 1. The highest BCUT2D eigenvalue weighted by molar-refractivity contribution is 5.88. The predicted molar refractivity (Wildman–Crippen MR) is 91.8 cm³/mol. The van der Waals surface area contributed by atoms with Crippen LogP contribution in [-0.4, -0.2) is 24.0 Å². The number of rotatable bonds is 7. The van der Waals surface area contributed by atoms with E-state index in [1.807, 2.05) is 30.5 Å². The fourth-order valence-corrected chi connectivity index (χ4v) is 2.70. The first kappa shape index (κ1) is 17.0. The van der Waals surface area contributed by atoms with E-state index in [1.165, 1.54) is 12.1 Å². The zero-order valence-electron chi connectivity index (χ0n) is 13.5. The van der Waals surface area contributed by atoms with Crippen molar-refractivity contribution in [2.45, 2.75) is 19.5 Å². The van der Waals surface area contributed by atoms with Gasteiger partial charge in [-0.1, -0.05) is 30.3 Å². The second kappa shape index (κ2) is 7.79. The van der Waals surface area contributed by atoms with Crippen LogP contribution < -0.4 is 10.1 Å². The number of amides is 1. The van der Waals surface area contributed by atoms with Gasteiger partial charge in [0.1, 0.15) is 5.75 Å². The SMILES string of the molecule is O=C(Cc1c[nH]c2ccccc12)NCCc1ccc(OC(F)F)cc1. The molecule has 0 saturated carbocycles. The maximum Gasteiger partial charge on any atom is 0.387 e. The van der Waals surface area contributed by atoms with Crippen LogP contribution in [0.2, 0.25) is 0 Å². The van der Waals surface area contributed by atoms with Crippen molar-refractivity contribution < 1.29 is 18.3 Å². The van der Waals surface area contributed by atoms with E-state index in [2.05, 4.69) is 15.0 Å². The molecule has 4 nitrogen and oxygen atoms in total. The Hall–Kier alpha value is -2.89. The summed E-state index contributed by atoms with van der Waals surface area (Å²) in [7, 11) is 0. The number of aromatic nitrogens is 1. The lowest BCUT2D eigenvalue weighted by Crippen LogP contribution is -2.27. The number of para-hydroxylation sites is 1. The average Bonchev–Trinajstić information content (AvgIpc) is 2.99. The summed E-state index contributed by atoms with van der Waals surface area (Å²) in [5.74, 6) is 0.0736. The first-order valence-electron chi connectivity index (χ1n) is 7.97. The van der Waals surface area contributed by atoms with E-state index in [-0.39, 0.29) is 11.7 Å². The number of alkyl halides is 2. The highest BCUT2D eigenvalue weighted by Gasteiger charge is 2.08. The van der Waals surface area contributed by atoms with Crippen molar-refractivity contribution in [3.8, 4) is 5.75 Å². The Kier molecular flexibility index (Phi) is 5.28. The molecule has 0 atom stereocenters. The molecule has 2 N–H and O–H groups in total. The molecule has 25 heavy (non-hydrogen) atoms. The number of H-pyrrole nitrogens is 1. The van der Waals surface area contributed by atoms with Crippen LogP contribution in [0.1, 0.15) is 11.1 Å². The Morgan fingerprint density at radius 1 is 1.12 bits per heavy atom. The standard InChI is InChI=1S/C19H18F2N2O2/c20-19(21)25-15-7-5-13(6-8-15)9-10-22-18(24)11-14-12-23-17-4-2-1-3-16(14)17/h1-8,12,19,23H,9-11H2,(H,22,24). The third-order valence-electron chi connectivity index (χ3n) is 3.91. The van der Waals surface area contributed by atoms with E-state index in [1.54, 1.807) is 12.1 Å². The van der Waals surface area contributed by atoms with Gasteiger partial charge in [-0.15, -0.1) is 0 Å². The largest absolute Gasteiger partial charge is 0.435 e. The van der Waals surface area contributed by atoms with Gasteiger partial charge in [-0.05, 0) is 35.7 Å². The zero-order chi connectivity index (χ0) is 17.6. The minimum atomic E-state index is -2.82. The zero-order valence-corrected chi connectivity index (χ0v) is 13.5. The molecule has 0 radical (unpaired) electrons. The highest BCUT2D eigenvalue weighted by Crippen LogP contribution is 2.18. The molecule has 0 saturated heterocycles. The number of hydrogen-bond acceptors (Lipinski definition) is 2. The van der Waals surface area contributed by atoms with Gasteiger partial charge in [-0.3, -0.25) is 4.79 Å². The van der Waals surface area contributed by atoms with E-state index < -0.39 is 6.61 Å². The maximum absolute atomic E-state index is 12.1. The third kappa shape index (κ3) is 4.56. The van der Waals surface area contributed by atoms with Gasteiger partial charge in [0.25, 0.3) is 0 Å². The third-order valence-corrected chi connectivity index (χ3v) is 3.91. The van der Waals surface area contributed by atoms with Crippen molar-refractivity contribution in [2.75, 3.05) is 6.54 Å². The Morgan fingerprint density at radius 2 is 1.88 bits per heavy atom. The maximum atomic E-state index is 12.1. The summed E-state index contributed by atoms with van der Waals surface area (Å²) in [4.78, 5) is 15.2. The molecular formula is C19H18F2N2O2. The monoisotopic (exact) mass is 344 g/mol. The van der Waals surface area contributed by atoms with Gasteiger partial charge in [-0.2, -0.15) is 8.78 Å². The van der Waals surface area contributed by atoms with Gasteiger partial charge in [0.15, 0.2) is 0 Å². The summed E-state index contributed by atoms with van der Waals surface area (Å²) in [6.45, 7) is -2.34. The molecule has 3 aromatic rings. The van der Waals surface area contributed by atoms with Gasteiger partial charge < -0.3 is 15.0 Å². The van der Waals surface area contributed by atoms with Crippen LogP contribution in [0.5, 0.6) is 5.75 Å². The molecule has 6 heteroatoms. The minimum Gasteiger partial charge on any atom is -0.435 e. The van der Waals surface area contributed by atoms with Crippen LogP contribution in [0.15, 0.2) is 54.7 Å². The van der Waals surface area contributed by atoms with Crippen LogP contribution in [0, 0.1) is 0 Å². The average molecular weight is 344 g/mol. The number of aromatic amines is 1.